The highest BCUT2D eigenvalue weighted by molar-refractivity contribution is 7.99. The lowest BCUT2D eigenvalue weighted by Gasteiger charge is -2.30. The number of hydrogen-bond acceptors (Lipinski definition) is 3. The van der Waals surface area contributed by atoms with Crippen LogP contribution in [0.2, 0.25) is 0 Å². The predicted octanol–water partition coefficient (Wildman–Crippen LogP) is 1.63. The first-order valence-corrected chi connectivity index (χ1v) is 7.25. The fourth-order valence-corrected chi connectivity index (χ4v) is 2.10. The van der Waals surface area contributed by atoms with Gasteiger partial charge in [-0.3, -0.25) is 4.79 Å². The highest BCUT2D eigenvalue weighted by Gasteiger charge is 2.28. The Morgan fingerprint density at radius 3 is 2.81 bits per heavy atom. The van der Waals surface area contributed by atoms with Gasteiger partial charge in [0.25, 0.3) is 0 Å². The average molecular weight is 244 g/mol. The molecule has 94 valence electrons. The summed E-state index contributed by atoms with van der Waals surface area (Å²) in [6.07, 6.45) is 4.41. The number of amides is 1. The van der Waals surface area contributed by atoms with Crippen molar-refractivity contribution in [3.05, 3.63) is 0 Å². The van der Waals surface area contributed by atoms with Crippen LogP contribution in [0.3, 0.4) is 0 Å². The molecule has 0 radical (unpaired) electrons. The van der Waals surface area contributed by atoms with E-state index in [4.69, 9.17) is 0 Å². The van der Waals surface area contributed by atoms with Gasteiger partial charge >= 0.3 is 0 Å². The Balaban J connectivity index is 2.39. The van der Waals surface area contributed by atoms with Crippen molar-refractivity contribution in [1.82, 2.24) is 10.6 Å². The molecule has 4 heteroatoms. The molecule has 2 unspecified atom stereocenters. The molecule has 1 heterocycles. The molecule has 0 aromatic rings. The Morgan fingerprint density at radius 1 is 1.56 bits per heavy atom. The van der Waals surface area contributed by atoms with Crippen LogP contribution in [0.5, 0.6) is 0 Å². The van der Waals surface area contributed by atoms with Crippen LogP contribution in [0.15, 0.2) is 0 Å². The highest BCUT2D eigenvalue weighted by atomic mass is 32.2. The number of nitrogens with one attached hydrogen (secondary N) is 2. The number of carbonyl (C=O) groups excluding carboxylic acids is 1. The molecule has 16 heavy (non-hydrogen) atoms. The van der Waals surface area contributed by atoms with Crippen LogP contribution in [0.4, 0.5) is 0 Å². The third-order valence-electron chi connectivity index (χ3n) is 3.29. The van der Waals surface area contributed by atoms with Gasteiger partial charge < -0.3 is 10.6 Å². The molecule has 0 aromatic heterocycles. The molecule has 0 aliphatic carbocycles. The van der Waals surface area contributed by atoms with Crippen molar-refractivity contribution in [3.63, 3.8) is 0 Å². The monoisotopic (exact) mass is 244 g/mol. The van der Waals surface area contributed by atoms with Gasteiger partial charge in [0.15, 0.2) is 0 Å². The first kappa shape index (κ1) is 13.8. The van der Waals surface area contributed by atoms with Crippen molar-refractivity contribution in [2.75, 3.05) is 19.3 Å². The second-order valence-electron chi connectivity index (χ2n) is 5.23. The van der Waals surface area contributed by atoms with Crippen LogP contribution in [0, 0.1) is 5.92 Å². The van der Waals surface area contributed by atoms with Gasteiger partial charge in [-0.1, -0.05) is 6.92 Å². The molecule has 3 nitrogen and oxygen atoms in total. The van der Waals surface area contributed by atoms with E-state index < -0.39 is 0 Å². The Kier molecular flexibility index (Phi) is 5.12. The van der Waals surface area contributed by atoms with Gasteiger partial charge in [0.2, 0.25) is 5.91 Å². The van der Waals surface area contributed by atoms with Gasteiger partial charge in [0.1, 0.15) is 0 Å². The van der Waals surface area contributed by atoms with Crippen LogP contribution in [0.25, 0.3) is 0 Å². The minimum atomic E-state index is 0.00593. The number of thioether (sulfide) groups is 1. The minimum absolute atomic E-state index is 0.00593. The van der Waals surface area contributed by atoms with Gasteiger partial charge in [0, 0.05) is 11.3 Å². The fourth-order valence-electron chi connectivity index (χ4n) is 1.88. The molecular weight excluding hydrogens is 220 g/mol. The molecule has 1 saturated heterocycles. The van der Waals surface area contributed by atoms with Crippen molar-refractivity contribution >= 4 is 17.7 Å². The number of rotatable bonds is 4. The van der Waals surface area contributed by atoms with Gasteiger partial charge in [-0.05, 0) is 45.4 Å². The molecule has 0 spiro atoms. The van der Waals surface area contributed by atoms with Crippen molar-refractivity contribution in [2.24, 2.45) is 5.92 Å². The van der Waals surface area contributed by atoms with Gasteiger partial charge in [-0.15, -0.1) is 0 Å². The summed E-state index contributed by atoms with van der Waals surface area (Å²) >= 11 is 1.78. The molecule has 0 bridgehead atoms. The van der Waals surface area contributed by atoms with Crippen LogP contribution in [0.1, 0.15) is 33.6 Å². The Bertz CT molecular complexity index is 243. The van der Waals surface area contributed by atoms with E-state index in [0.29, 0.717) is 5.92 Å². The summed E-state index contributed by atoms with van der Waals surface area (Å²) in [5.74, 6) is 0.612. The minimum Gasteiger partial charge on any atom is -0.353 e. The summed E-state index contributed by atoms with van der Waals surface area (Å²) in [5.41, 5.74) is 0. The van der Waals surface area contributed by atoms with E-state index in [-0.39, 0.29) is 16.7 Å². The van der Waals surface area contributed by atoms with Crippen molar-refractivity contribution in [2.45, 2.75) is 44.4 Å². The molecule has 0 saturated carbocycles. The standard InChI is InChI=1S/C12H24N2OS/c1-9-6-5-7-13-10(9)11(15)14-8-12(2,3)16-4/h9-10,13H,5-8H2,1-4H3,(H,14,15). The number of piperidine rings is 1. The van der Waals surface area contributed by atoms with Crippen LogP contribution < -0.4 is 10.6 Å². The van der Waals surface area contributed by atoms with E-state index in [1.807, 2.05) is 0 Å². The largest absolute Gasteiger partial charge is 0.353 e. The first-order chi connectivity index (χ1) is 7.46. The van der Waals surface area contributed by atoms with E-state index in [1.54, 1.807) is 11.8 Å². The molecule has 1 rings (SSSR count). The third-order valence-corrected chi connectivity index (χ3v) is 4.54. The Morgan fingerprint density at radius 2 is 2.25 bits per heavy atom. The fraction of sp³-hybridized carbons (Fsp3) is 0.917. The van der Waals surface area contributed by atoms with Crippen molar-refractivity contribution in [3.8, 4) is 0 Å². The van der Waals surface area contributed by atoms with E-state index in [9.17, 15) is 4.79 Å². The summed E-state index contributed by atoms with van der Waals surface area (Å²) < 4.78 is 0.119. The molecule has 0 aromatic carbocycles. The van der Waals surface area contributed by atoms with Crippen molar-refractivity contribution < 1.29 is 4.79 Å². The quantitative estimate of drug-likeness (QED) is 0.790. The second-order valence-corrected chi connectivity index (χ2v) is 6.75. The van der Waals surface area contributed by atoms with Crippen LogP contribution in [-0.2, 0) is 4.79 Å². The van der Waals surface area contributed by atoms with Crippen LogP contribution >= 0.6 is 11.8 Å². The van der Waals surface area contributed by atoms with E-state index in [2.05, 4.69) is 37.7 Å². The van der Waals surface area contributed by atoms with Crippen molar-refractivity contribution in [1.29, 1.82) is 0 Å². The zero-order valence-corrected chi connectivity index (χ0v) is 11.6. The molecule has 1 amide bonds. The highest BCUT2D eigenvalue weighted by Crippen LogP contribution is 2.20. The summed E-state index contributed by atoms with van der Waals surface area (Å²) in [4.78, 5) is 12.0. The first-order valence-electron chi connectivity index (χ1n) is 6.02. The molecule has 1 aliphatic heterocycles. The van der Waals surface area contributed by atoms with Gasteiger partial charge in [-0.25, -0.2) is 0 Å². The van der Waals surface area contributed by atoms with E-state index >= 15 is 0 Å². The summed E-state index contributed by atoms with van der Waals surface area (Å²) in [7, 11) is 0. The maximum absolute atomic E-state index is 12.0. The maximum atomic E-state index is 12.0. The smallest absolute Gasteiger partial charge is 0.237 e. The number of hydrogen-bond donors (Lipinski definition) is 2. The molecule has 2 atom stereocenters. The van der Waals surface area contributed by atoms with Gasteiger partial charge in [-0.2, -0.15) is 11.8 Å². The SMILES string of the molecule is CSC(C)(C)CNC(=O)C1NCCCC1C. The zero-order valence-electron chi connectivity index (χ0n) is 10.8. The summed E-state index contributed by atoms with van der Waals surface area (Å²) in [5, 5.41) is 6.36. The second kappa shape index (κ2) is 5.92. The van der Waals surface area contributed by atoms with E-state index in [1.165, 1.54) is 6.42 Å². The van der Waals surface area contributed by atoms with Crippen LogP contribution in [-0.4, -0.2) is 36.0 Å². The lowest BCUT2D eigenvalue weighted by Crippen LogP contribution is -2.52. The van der Waals surface area contributed by atoms with E-state index in [0.717, 1.165) is 19.5 Å². The third kappa shape index (κ3) is 3.98. The molecule has 2 N–H and O–H groups in total. The maximum Gasteiger partial charge on any atom is 0.237 e. The molecule has 1 aliphatic rings. The lowest BCUT2D eigenvalue weighted by molar-refractivity contribution is -0.124. The Labute approximate surface area is 103 Å². The summed E-state index contributed by atoms with van der Waals surface area (Å²) in [6, 6.07) is 0.00593. The lowest BCUT2D eigenvalue weighted by atomic mass is 9.92. The number of carbonyl (C=O) groups is 1. The summed E-state index contributed by atoms with van der Waals surface area (Å²) in [6.45, 7) is 8.15. The predicted molar refractivity (Wildman–Crippen MR) is 70.8 cm³/mol. The average Bonchev–Trinajstić information content (AvgIpc) is 2.27. The zero-order chi connectivity index (χ0) is 12.2. The molecule has 1 fully saturated rings. The van der Waals surface area contributed by atoms with Gasteiger partial charge in [0.05, 0.1) is 6.04 Å². The Hall–Kier alpha value is -0.220. The topological polar surface area (TPSA) is 41.1 Å². The normalized spacial score (nSPS) is 26.5. The molecular formula is C12H24N2OS.